The lowest BCUT2D eigenvalue weighted by molar-refractivity contribution is -0.142. The Morgan fingerprint density at radius 2 is 1.91 bits per heavy atom. The van der Waals surface area contributed by atoms with Crippen LogP contribution < -0.4 is 5.73 Å². The minimum Gasteiger partial charge on any atom is -0.469 e. The Balaban J connectivity index is 3.96. The summed E-state index contributed by atoms with van der Waals surface area (Å²) in [6, 6.07) is 0. The lowest BCUT2D eigenvalue weighted by Gasteiger charge is -2.24. The number of hydrogen-bond donors (Lipinski definition) is 1. The van der Waals surface area contributed by atoms with Crippen LogP contribution in [-0.2, 0) is 9.53 Å². The summed E-state index contributed by atoms with van der Waals surface area (Å²) in [6.45, 7) is 3.96. The monoisotopic (exact) mass is 159 g/mol. The Morgan fingerprint density at radius 3 is 2.18 bits per heavy atom. The van der Waals surface area contributed by atoms with Gasteiger partial charge < -0.3 is 10.5 Å². The standard InChI is InChI=1S/C8H17NO2/c1-4-8(9,5-2)6-7(10)11-3/h4-6,9H2,1-3H3. The highest BCUT2D eigenvalue weighted by molar-refractivity contribution is 5.70. The van der Waals surface area contributed by atoms with Gasteiger partial charge in [0.1, 0.15) is 0 Å². The van der Waals surface area contributed by atoms with E-state index in [4.69, 9.17) is 5.73 Å². The van der Waals surface area contributed by atoms with Crippen molar-refractivity contribution in [1.82, 2.24) is 0 Å². The van der Waals surface area contributed by atoms with E-state index in [1.165, 1.54) is 7.11 Å². The van der Waals surface area contributed by atoms with Gasteiger partial charge in [-0.2, -0.15) is 0 Å². The van der Waals surface area contributed by atoms with E-state index < -0.39 is 0 Å². The molecule has 0 radical (unpaired) electrons. The summed E-state index contributed by atoms with van der Waals surface area (Å²) >= 11 is 0. The summed E-state index contributed by atoms with van der Waals surface area (Å²) < 4.78 is 4.53. The molecule has 0 aromatic rings. The van der Waals surface area contributed by atoms with Crippen molar-refractivity contribution < 1.29 is 9.53 Å². The number of methoxy groups -OCH3 is 1. The molecule has 0 rings (SSSR count). The molecule has 0 bridgehead atoms. The van der Waals surface area contributed by atoms with Gasteiger partial charge in [-0.05, 0) is 12.8 Å². The normalized spacial score (nSPS) is 11.3. The molecule has 0 heterocycles. The molecule has 0 aliphatic rings. The van der Waals surface area contributed by atoms with Gasteiger partial charge in [0.05, 0.1) is 13.5 Å². The maximum atomic E-state index is 10.8. The number of hydrogen-bond acceptors (Lipinski definition) is 3. The van der Waals surface area contributed by atoms with E-state index in [0.29, 0.717) is 6.42 Å². The first kappa shape index (κ1) is 10.4. The fourth-order valence-electron chi connectivity index (χ4n) is 0.860. The van der Waals surface area contributed by atoms with E-state index in [1.807, 2.05) is 13.8 Å². The van der Waals surface area contributed by atoms with Crippen molar-refractivity contribution >= 4 is 5.97 Å². The van der Waals surface area contributed by atoms with Crippen LogP contribution in [-0.4, -0.2) is 18.6 Å². The fourth-order valence-corrected chi connectivity index (χ4v) is 0.860. The van der Waals surface area contributed by atoms with Gasteiger partial charge in [-0.25, -0.2) is 0 Å². The van der Waals surface area contributed by atoms with Crippen LogP contribution in [0.25, 0.3) is 0 Å². The lowest BCUT2D eigenvalue weighted by atomic mass is 9.90. The largest absolute Gasteiger partial charge is 0.469 e. The highest BCUT2D eigenvalue weighted by atomic mass is 16.5. The van der Waals surface area contributed by atoms with Crippen LogP contribution in [0, 0.1) is 0 Å². The number of ether oxygens (including phenoxy) is 1. The summed E-state index contributed by atoms with van der Waals surface area (Å²) in [5.74, 6) is -0.226. The number of carbonyl (C=O) groups excluding carboxylic acids is 1. The third kappa shape index (κ3) is 3.37. The first-order chi connectivity index (χ1) is 5.08. The number of carbonyl (C=O) groups is 1. The molecule has 0 aliphatic carbocycles. The second kappa shape index (κ2) is 4.34. The molecule has 0 aliphatic heterocycles. The van der Waals surface area contributed by atoms with Gasteiger partial charge in [0.25, 0.3) is 0 Å². The van der Waals surface area contributed by atoms with Crippen molar-refractivity contribution in [3.8, 4) is 0 Å². The van der Waals surface area contributed by atoms with E-state index in [2.05, 4.69) is 4.74 Å². The first-order valence-electron chi connectivity index (χ1n) is 3.93. The van der Waals surface area contributed by atoms with E-state index >= 15 is 0 Å². The average Bonchev–Trinajstić information content (AvgIpc) is 2.04. The molecule has 3 heteroatoms. The number of nitrogens with two attached hydrogens (primary N) is 1. The van der Waals surface area contributed by atoms with Gasteiger partial charge in [0.15, 0.2) is 0 Å². The van der Waals surface area contributed by atoms with E-state index in [9.17, 15) is 4.79 Å². The smallest absolute Gasteiger partial charge is 0.307 e. The molecule has 0 fully saturated rings. The van der Waals surface area contributed by atoms with Gasteiger partial charge in [0, 0.05) is 5.54 Å². The second-order valence-corrected chi connectivity index (χ2v) is 2.82. The minimum atomic E-state index is -0.368. The first-order valence-corrected chi connectivity index (χ1v) is 3.93. The second-order valence-electron chi connectivity index (χ2n) is 2.82. The Kier molecular flexibility index (Phi) is 4.11. The van der Waals surface area contributed by atoms with Crippen LogP contribution >= 0.6 is 0 Å². The minimum absolute atomic E-state index is 0.226. The SMILES string of the molecule is CCC(N)(CC)CC(=O)OC. The molecular formula is C8H17NO2. The molecule has 0 aromatic heterocycles. The molecule has 0 spiro atoms. The van der Waals surface area contributed by atoms with Crippen molar-refractivity contribution in [3.05, 3.63) is 0 Å². The number of esters is 1. The highest BCUT2D eigenvalue weighted by Crippen LogP contribution is 2.16. The molecule has 0 aromatic carbocycles. The number of rotatable bonds is 4. The van der Waals surface area contributed by atoms with Gasteiger partial charge in [-0.3, -0.25) is 4.79 Å². The van der Waals surface area contributed by atoms with Gasteiger partial charge in [-0.15, -0.1) is 0 Å². The third-order valence-electron chi connectivity index (χ3n) is 2.13. The maximum Gasteiger partial charge on any atom is 0.307 e. The van der Waals surface area contributed by atoms with E-state index in [0.717, 1.165) is 12.8 Å². The van der Waals surface area contributed by atoms with Gasteiger partial charge in [0.2, 0.25) is 0 Å². The predicted octanol–water partition coefficient (Wildman–Crippen LogP) is 1.07. The zero-order chi connectivity index (χ0) is 8.91. The Labute approximate surface area is 67.9 Å². The molecule has 0 saturated carbocycles. The van der Waals surface area contributed by atoms with Crippen LogP contribution in [0.3, 0.4) is 0 Å². The van der Waals surface area contributed by atoms with Crippen molar-refractivity contribution in [2.24, 2.45) is 5.73 Å². The van der Waals surface area contributed by atoms with Crippen LogP contribution in [0.15, 0.2) is 0 Å². The molecular weight excluding hydrogens is 142 g/mol. The Morgan fingerprint density at radius 1 is 1.45 bits per heavy atom. The highest BCUT2D eigenvalue weighted by Gasteiger charge is 2.24. The quantitative estimate of drug-likeness (QED) is 0.624. The molecule has 3 nitrogen and oxygen atoms in total. The van der Waals surface area contributed by atoms with Crippen LogP contribution in [0.1, 0.15) is 33.1 Å². The zero-order valence-corrected chi connectivity index (χ0v) is 7.52. The predicted molar refractivity (Wildman–Crippen MR) is 44.1 cm³/mol. The van der Waals surface area contributed by atoms with Gasteiger partial charge >= 0.3 is 5.97 Å². The Bertz CT molecular complexity index is 130. The topological polar surface area (TPSA) is 52.3 Å². The summed E-state index contributed by atoms with van der Waals surface area (Å²) in [5.41, 5.74) is 5.50. The zero-order valence-electron chi connectivity index (χ0n) is 7.52. The van der Waals surface area contributed by atoms with Crippen molar-refractivity contribution in [3.63, 3.8) is 0 Å². The van der Waals surface area contributed by atoms with E-state index in [1.54, 1.807) is 0 Å². The molecule has 66 valence electrons. The van der Waals surface area contributed by atoms with Crippen molar-refractivity contribution in [2.45, 2.75) is 38.6 Å². The Hall–Kier alpha value is -0.570. The summed E-state index contributed by atoms with van der Waals surface area (Å²) in [5, 5.41) is 0. The molecule has 0 unspecified atom stereocenters. The van der Waals surface area contributed by atoms with Crippen molar-refractivity contribution in [1.29, 1.82) is 0 Å². The molecule has 2 N–H and O–H groups in total. The van der Waals surface area contributed by atoms with Crippen LogP contribution in [0.4, 0.5) is 0 Å². The third-order valence-corrected chi connectivity index (χ3v) is 2.13. The summed E-state index contributed by atoms with van der Waals surface area (Å²) in [6.07, 6.45) is 1.92. The maximum absolute atomic E-state index is 10.8. The molecule has 0 saturated heterocycles. The van der Waals surface area contributed by atoms with Crippen LogP contribution in [0.5, 0.6) is 0 Å². The van der Waals surface area contributed by atoms with Gasteiger partial charge in [-0.1, -0.05) is 13.8 Å². The molecule has 0 amide bonds. The van der Waals surface area contributed by atoms with E-state index in [-0.39, 0.29) is 11.5 Å². The summed E-state index contributed by atoms with van der Waals surface area (Å²) in [7, 11) is 1.38. The summed E-state index contributed by atoms with van der Waals surface area (Å²) in [4.78, 5) is 10.8. The van der Waals surface area contributed by atoms with Crippen molar-refractivity contribution in [2.75, 3.05) is 7.11 Å². The average molecular weight is 159 g/mol. The fraction of sp³-hybridized carbons (Fsp3) is 0.875. The molecule has 0 atom stereocenters. The molecule has 11 heavy (non-hydrogen) atoms. The van der Waals surface area contributed by atoms with Crippen LogP contribution in [0.2, 0.25) is 0 Å². The lowest BCUT2D eigenvalue weighted by Crippen LogP contribution is -2.40.